The van der Waals surface area contributed by atoms with Gasteiger partial charge in [0.2, 0.25) is 0 Å². The number of benzene rings is 1. The van der Waals surface area contributed by atoms with Gasteiger partial charge in [-0.1, -0.05) is 63.4 Å². The lowest BCUT2D eigenvalue weighted by Crippen LogP contribution is -2.21. The fourth-order valence-electron chi connectivity index (χ4n) is 1.52. The van der Waals surface area contributed by atoms with Crippen LogP contribution in [0.25, 0.3) is 0 Å². The van der Waals surface area contributed by atoms with Gasteiger partial charge in [-0.05, 0) is 25.0 Å². The van der Waals surface area contributed by atoms with Crippen LogP contribution < -0.4 is 0 Å². The maximum absolute atomic E-state index is 11.8. The molecule has 0 fully saturated rings. The molecule has 1 nitrogen and oxygen atoms in total. The number of rotatable bonds is 4. The van der Waals surface area contributed by atoms with Crippen molar-refractivity contribution in [2.45, 2.75) is 32.0 Å². The van der Waals surface area contributed by atoms with Crippen molar-refractivity contribution < 1.29 is 4.79 Å². The molecule has 16 heavy (non-hydrogen) atoms. The molecule has 0 aromatic heterocycles. The highest BCUT2D eigenvalue weighted by Gasteiger charge is 2.19. The van der Waals surface area contributed by atoms with Crippen LogP contribution in [0.3, 0.4) is 0 Å². The average molecular weight is 348 g/mol. The zero-order chi connectivity index (χ0) is 12.3. The van der Waals surface area contributed by atoms with Crippen molar-refractivity contribution in [3.8, 4) is 0 Å². The number of alkyl halides is 1. The summed E-state index contributed by atoms with van der Waals surface area (Å²) in [6, 6.07) is 6.21. The molecule has 1 aromatic rings. The number of hydrogen-bond acceptors (Lipinski definition) is 1. The molecule has 0 heterocycles. The first-order valence-corrected chi connectivity index (χ1v) is 7.05. The van der Waals surface area contributed by atoms with Crippen molar-refractivity contribution in [3.63, 3.8) is 0 Å². The van der Waals surface area contributed by atoms with Gasteiger partial charge in [0.15, 0.2) is 0 Å². The van der Waals surface area contributed by atoms with Gasteiger partial charge < -0.3 is 0 Å². The van der Waals surface area contributed by atoms with Gasteiger partial charge in [0, 0.05) is 10.4 Å². The van der Waals surface area contributed by atoms with Crippen molar-refractivity contribution in [2.24, 2.45) is 5.92 Å². The summed E-state index contributed by atoms with van der Waals surface area (Å²) in [6.07, 6.45) is 0.735. The Bertz CT molecular complexity index is 386. The van der Waals surface area contributed by atoms with E-state index in [-0.39, 0.29) is 16.5 Å². The lowest BCUT2D eigenvalue weighted by Gasteiger charge is -2.13. The number of carbonyl (C=O) groups is 1. The Balaban J connectivity index is 2.80. The molecule has 0 saturated carbocycles. The smallest absolute Gasteiger partial charge is 0.149 e. The predicted molar refractivity (Wildman–Crippen MR) is 75.1 cm³/mol. The van der Waals surface area contributed by atoms with Crippen LogP contribution in [0.1, 0.15) is 25.0 Å². The minimum Gasteiger partial charge on any atom is -0.298 e. The molecule has 0 spiro atoms. The minimum atomic E-state index is -0.0920. The molecule has 0 aliphatic rings. The first kappa shape index (κ1) is 13.9. The molecule has 1 atom stereocenters. The Labute approximate surface area is 114 Å². The summed E-state index contributed by atoms with van der Waals surface area (Å²) in [5, 5.41) is 0. The third kappa shape index (κ3) is 3.70. The summed E-state index contributed by atoms with van der Waals surface area (Å²) in [6.45, 7) is 5.92. The van der Waals surface area contributed by atoms with Gasteiger partial charge in [0.1, 0.15) is 5.78 Å². The first-order valence-electron chi connectivity index (χ1n) is 5.34. The van der Waals surface area contributed by atoms with E-state index in [0.29, 0.717) is 0 Å². The van der Waals surface area contributed by atoms with E-state index in [2.05, 4.69) is 50.9 Å². The van der Waals surface area contributed by atoms with Gasteiger partial charge in [0.25, 0.3) is 0 Å². The molecule has 88 valence electrons. The van der Waals surface area contributed by atoms with Crippen molar-refractivity contribution in [1.82, 2.24) is 0 Å². The summed E-state index contributed by atoms with van der Waals surface area (Å²) in [4.78, 5) is 11.7. The van der Waals surface area contributed by atoms with Crippen LogP contribution in [0.2, 0.25) is 0 Å². The Morgan fingerprint density at radius 1 is 1.38 bits per heavy atom. The van der Waals surface area contributed by atoms with Crippen LogP contribution in [-0.2, 0) is 11.2 Å². The molecule has 0 amide bonds. The molecule has 0 aliphatic carbocycles. The topological polar surface area (TPSA) is 17.1 Å². The third-order valence-electron chi connectivity index (χ3n) is 2.48. The van der Waals surface area contributed by atoms with E-state index in [4.69, 9.17) is 0 Å². The van der Waals surface area contributed by atoms with E-state index < -0.39 is 0 Å². The van der Waals surface area contributed by atoms with E-state index in [0.717, 1.165) is 10.9 Å². The van der Waals surface area contributed by atoms with E-state index in [1.54, 1.807) is 0 Å². The monoisotopic (exact) mass is 346 g/mol. The molecular weight excluding hydrogens is 332 g/mol. The van der Waals surface area contributed by atoms with Crippen LogP contribution in [0, 0.1) is 12.8 Å². The zero-order valence-electron chi connectivity index (χ0n) is 9.76. The highest BCUT2D eigenvalue weighted by Crippen LogP contribution is 2.23. The van der Waals surface area contributed by atoms with Gasteiger partial charge in [-0.15, -0.1) is 0 Å². The molecule has 1 rings (SSSR count). The van der Waals surface area contributed by atoms with Crippen LogP contribution in [0.4, 0.5) is 0 Å². The van der Waals surface area contributed by atoms with Crippen molar-refractivity contribution in [2.75, 3.05) is 0 Å². The van der Waals surface area contributed by atoms with Crippen LogP contribution >= 0.6 is 31.9 Å². The normalized spacial score (nSPS) is 12.9. The largest absolute Gasteiger partial charge is 0.298 e. The van der Waals surface area contributed by atoms with Gasteiger partial charge in [-0.2, -0.15) is 0 Å². The van der Waals surface area contributed by atoms with Gasteiger partial charge in [-0.3, -0.25) is 4.79 Å². The quantitative estimate of drug-likeness (QED) is 0.742. The second kappa shape index (κ2) is 5.97. The molecule has 0 saturated heterocycles. The summed E-state index contributed by atoms with van der Waals surface area (Å²) < 4.78 is 1.07. The number of ketones is 1. The fourth-order valence-corrected chi connectivity index (χ4v) is 2.80. The van der Waals surface area contributed by atoms with Crippen molar-refractivity contribution >= 4 is 37.6 Å². The molecule has 1 aromatic carbocycles. The number of Topliss-reactive ketones (excluding diaryl/α,β-unsaturated/α-hetero) is 1. The third-order valence-corrected chi connectivity index (χ3v) is 4.03. The van der Waals surface area contributed by atoms with Crippen LogP contribution in [-0.4, -0.2) is 10.6 Å². The highest BCUT2D eigenvalue weighted by atomic mass is 79.9. The molecule has 0 bridgehead atoms. The molecule has 1 unspecified atom stereocenters. The van der Waals surface area contributed by atoms with E-state index in [1.807, 2.05) is 19.9 Å². The molecule has 0 N–H and O–H groups in total. The van der Waals surface area contributed by atoms with Gasteiger partial charge in [-0.25, -0.2) is 0 Å². The highest BCUT2D eigenvalue weighted by molar-refractivity contribution is 9.10. The Hall–Kier alpha value is -0.150. The van der Waals surface area contributed by atoms with Gasteiger partial charge >= 0.3 is 0 Å². The second-order valence-corrected chi connectivity index (χ2v) is 6.28. The number of carbonyl (C=O) groups excluding carboxylic acids is 1. The predicted octanol–water partition coefficient (Wildman–Crippen LogP) is 4.29. The Kier molecular flexibility index (Phi) is 5.19. The van der Waals surface area contributed by atoms with E-state index in [1.165, 1.54) is 11.1 Å². The maximum Gasteiger partial charge on any atom is 0.149 e. The van der Waals surface area contributed by atoms with Crippen LogP contribution in [0.15, 0.2) is 22.7 Å². The van der Waals surface area contributed by atoms with Crippen LogP contribution in [0.5, 0.6) is 0 Å². The lowest BCUT2D eigenvalue weighted by molar-refractivity contribution is -0.121. The summed E-state index contributed by atoms with van der Waals surface area (Å²) in [5.74, 6) is 0.335. The van der Waals surface area contributed by atoms with Crippen molar-refractivity contribution in [1.29, 1.82) is 0 Å². The first-order chi connectivity index (χ1) is 7.41. The van der Waals surface area contributed by atoms with Gasteiger partial charge in [0.05, 0.1) is 4.83 Å². The number of hydrogen-bond donors (Lipinski definition) is 0. The SMILES string of the molecule is Cc1ccc(Br)c(CC(Br)C(=O)C(C)C)c1. The number of aryl methyl sites for hydroxylation is 1. The molecular formula is C13H16Br2O. The Morgan fingerprint density at radius 2 is 2.00 bits per heavy atom. The summed E-state index contributed by atoms with van der Waals surface area (Å²) in [5.41, 5.74) is 2.39. The standard InChI is InChI=1S/C13H16Br2O/c1-8(2)13(16)12(15)7-10-6-9(3)4-5-11(10)14/h4-6,8,12H,7H2,1-3H3. The summed E-state index contributed by atoms with van der Waals surface area (Å²) >= 11 is 6.98. The molecule has 0 aliphatic heterocycles. The lowest BCUT2D eigenvalue weighted by atomic mass is 10.00. The summed E-state index contributed by atoms with van der Waals surface area (Å²) in [7, 11) is 0. The van der Waals surface area contributed by atoms with E-state index in [9.17, 15) is 4.79 Å². The Morgan fingerprint density at radius 3 is 2.56 bits per heavy atom. The second-order valence-electron chi connectivity index (χ2n) is 4.32. The molecule has 0 radical (unpaired) electrons. The average Bonchev–Trinajstić information content (AvgIpc) is 2.22. The zero-order valence-corrected chi connectivity index (χ0v) is 12.9. The van der Waals surface area contributed by atoms with E-state index >= 15 is 0 Å². The van der Waals surface area contributed by atoms with Crippen molar-refractivity contribution in [3.05, 3.63) is 33.8 Å². The minimum absolute atomic E-state index is 0.0768. The number of halogens is 2. The maximum atomic E-state index is 11.8. The fraction of sp³-hybridized carbons (Fsp3) is 0.462. The molecule has 3 heteroatoms.